The van der Waals surface area contributed by atoms with E-state index in [1.807, 2.05) is 6.92 Å². The zero-order chi connectivity index (χ0) is 7.78. The van der Waals surface area contributed by atoms with Crippen molar-refractivity contribution in [2.45, 2.75) is 25.1 Å². The maximum Gasteiger partial charge on any atom is 0.155 e. The number of hydrogen-bond acceptors (Lipinski definition) is 3. The summed E-state index contributed by atoms with van der Waals surface area (Å²) in [6.07, 6.45) is 0. The Morgan fingerprint density at radius 2 is 2.00 bits per heavy atom. The fourth-order valence-corrected chi connectivity index (χ4v) is 2.58. The molecular weight excluding hydrogens is 150 g/mol. The lowest BCUT2D eigenvalue weighted by molar-refractivity contribution is 0.493. The van der Waals surface area contributed by atoms with Crippen LogP contribution in [0.4, 0.5) is 0 Å². The Hall–Kier alpha value is -0.0900. The highest BCUT2D eigenvalue weighted by Gasteiger charge is 2.29. The minimum absolute atomic E-state index is 0.110. The van der Waals surface area contributed by atoms with E-state index in [0.29, 0.717) is 12.3 Å². The van der Waals surface area contributed by atoms with Crippen LogP contribution in [0.15, 0.2) is 0 Å². The van der Waals surface area contributed by atoms with Crippen LogP contribution in [-0.4, -0.2) is 32.0 Å². The van der Waals surface area contributed by atoms with Crippen LogP contribution in [0.5, 0.6) is 0 Å². The van der Waals surface area contributed by atoms with Gasteiger partial charge in [0.2, 0.25) is 0 Å². The van der Waals surface area contributed by atoms with Gasteiger partial charge in [0.15, 0.2) is 9.84 Å². The van der Waals surface area contributed by atoms with E-state index in [4.69, 9.17) is 0 Å². The largest absolute Gasteiger partial charge is 0.312 e. The quantitative estimate of drug-likeness (QED) is 0.537. The van der Waals surface area contributed by atoms with Gasteiger partial charge in [-0.1, -0.05) is 0 Å². The average molecular weight is 163 g/mol. The average Bonchev–Trinajstić information content (AvgIpc) is 1.83. The van der Waals surface area contributed by atoms with Gasteiger partial charge in [-0.05, 0) is 13.8 Å². The predicted octanol–water partition coefficient (Wildman–Crippen LogP) is -0.219. The van der Waals surface area contributed by atoms with Crippen LogP contribution >= 0.6 is 0 Å². The van der Waals surface area contributed by atoms with E-state index in [1.165, 1.54) is 0 Å². The highest BCUT2D eigenvalue weighted by molar-refractivity contribution is 7.92. The molecule has 0 aliphatic carbocycles. The summed E-state index contributed by atoms with van der Waals surface area (Å²) in [6.45, 7) is 4.27. The van der Waals surface area contributed by atoms with Crippen molar-refractivity contribution in [3.63, 3.8) is 0 Å². The summed E-state index contributed by atoms with van der Waals surface area (Å²) >= 11 is 0. The zero-order valence-electron chi connectivity index (χ0n) is 6.29. The van der Waals surface area contributed by atoms with Crippen molar-refractivity contribution in [3.8, 4) is 0 Å². The fourth-order valence-electron chi connectivity index (χ4n) is 1.09. The molecule has 1 aliphatic heterocycles. The van der Waals surface area contributed by atoms with Gasteiger partial charge in [-0.2, -0.15) is 0 Å². The summed E-state index contributed by atoms with van der Waals surface area (Å²) in [5.41, 5.74) is 0. The summed E-state index contributed by atoms with van der Waals surface area (Å²) in [6, 6.07) is 0.110. The molecular formula is C6H13NO2S. The summed E-state index contributed by atoms with van der Waals surface area (Å²) in [5.74, 6) is 0.290. The SMILES string of the molecule is C[C@@H]1NCCS(=O)(=O)[C@H]1C. The number of rotatable bonds is 0. The van der Waals surface area contributed by atoms with Crippen molar-refractivity contribution in [2.24, 2.45) is 0 Å². The number of hydrogen-bond donors (Lipinski definition) is 1. The molecule has 1 fully saturated rings. The van der Waals surface area contributed by atoms with E-state index in [2.05, 4.69) is 5.32 Å². The van der Waals surface area contributed by atoms with Crippen LogP contribution < -0.4 is 5.32 Å². The smallest absolute Gasteiger partial charge is 0.155 e. The fraction of sp³-hybridized carbons (Fsp3) is 1.00. The first-order valence-electron chi connectivity index (χ1n) is 3.49. The van der Waals surface area contributed by atoms with Gasteiger partial charge in [-0.3, -0.25) is 0 Å². The van der Waals surface area contributed by atoms with E-state index >= 15 is 0 Å². The van der Waals surface area contributed by atoms with Crippen molar-refractivity contribution < 1.29 is 8.42 Å². The van der Waals surface area contributed by atoms with Gasteiger partial charge < -0.3 is 5.32 Å². The van der Waals surface area contributed by atoms with Crippen LogP contribution in [0.1, 0.15) is 13.8 Å². The third-order valence-corrected chi connectivity index (χ3v) is 4.44. The van der Waals surface area contributed by atoms with Gasteiger partial charge in [0.05, 0.1) is 11.0 Å². The summed E-state index contributed by atoms with van der Waals surface area (Å²) < 4.78 is 22.3. The molecule has 1 aliphatic rings. The summed E-state index contributed by atoms with van der Waals surface area (Å²) in [4.78, 5) is 0. The van der Waals surface area contributed by atoms with Gasteiger partial charge >= 0.3 is 0 Å². The molecule has 60 valence electrons. The molecule has 10 heavy (non-hydrogen) atoms. The molecule has 1 heterocycles. The van der Waals surface area contributed by atoms with Crippen LogP contribution in [0.2, 0.25) is 0 Å². The van der Waals surface area contributed by atoms with E-state index in [-0.39, 0.29) is 11.3 Å². The number of sulfone groups is 1. The van der Waals surface area contributed by atoms with E-state index in [9.17, 15) is 8.42 Å². The maximum atomic E-state index is 11.2. The van der Waals surface area contributed by atoms with E-state index in [1.54, 1.807) is 6.92 Å². The van der Waals surface area contributed by atoms with Crippen molar-refractivity contribution in [1.29, 1.82) is 0 Å². The molecule has 0 aromatic heterocycles. The van der Waals surface area contributed by atoms with Gasteiger partial charge in [0, 0.05) is 12.6 Å². The maximum absolute atomic E-state index is 11.2. The third-order valence-electron chi connectivity index (χ3n) is 2.12. The van der Waals surface area contributed by atoms with Gasteiger partial charge in [0.25, 0.3) is 0 Å². The predicted molar refractivity (Wildman–Crippen MR) is 40.7 cm³/mol. The molecule has 0 amide bonds. The molecule has 0 saturated carbocycles. The molecule has 4 heteroatoms. The summed E-state index contributed by atoms with van der Waals surface area (Å²) in [5, 5.41) is 2.89. The Balaban J connectivity index is 2.80. The van der Waals surface area contributed by atoms with E-state index in [0.717, 1.165) is 0 Å². The minimum atomic E-state index is -2.77. The van der Waals surface area contributed by atoms with Crippen molar-refractivity contribution in [1.82, 2.24) is 5.32 Å². The molecule has 1 N–H and O–H groups in total. The topological polar surface area (TPSA) is 46.2 Å². The van der Waals surface area contributed by atoms with Gasteiger partial charge in [-0.15, -0.1) is 0 Å². The monoisotopic (exact) mass is 163 g/mol. The summed E-state index contributed by atoms with van der Waals surface area (Å²) in [7, 11) is -2.77. The van der Waals surface area contributed by atoms with E-state index < -0.39 is 9.84 Å². The Bertz CT molecular complexity index is 210. The van der Waals surface area contributed by atoms with Crippen molar-refractivity contribution >= 4 is 9.84 Å². The van der Waals surface area contributed by atoms with Crippen LogP contribution in [0, 0.1) is 0 Å². The van der Waals surface area contributed by atoms with Crippen molar-refractivity contribution in [2.75, 3.05) is 12.3 Å². The lowest BCUT2D eigenvalue weighted by atomic mass is 10.2. The van der Waals surface area contributed by atoms with Crippen LogP contribution in [0.25, 0.3) is 0 Å². The number of nitrogens with one attached hydrogen (secondary N) is 1. The van der Waals surface area contributed by atoms with Crippen LogP contribution in [-0.2, 0) is 9.84 Å². The lowest BCUT2D eigenvalue weighted by Crippen LogP contribution is -2.49. The molecule has 0 aromatic rings. The molecule has 0 radical (unpaired) electrons. The normalized spacial score (nSPS) is 39.4. The molecule has 0 spiro atoms. The minimum Gasteiger partial charge on any atom is -0.312 e. The molecule has 0 bridgehead atoms. The second kappa shape index (κ2) is 2.51. The second-order valence-corrected chi connectivity index (χ2v) is 5.29. The Kier molecular flexibility index (Phi) is 2.01. The first kappa shape index (κ1) is 8.01. The van der Waals surface area contributed by atoms with Crippen LogP contribution in [0.3, 0.4) is 0 Å². The third kappa shape index (κ3) is 1.32. The van der Waals surface area contributed by atoms with Gasteiger partial charge in [0.1, 0.15) is 0 Å². The molecule has 2 atom stereocenters. The Morgan fingerprint density at radius 3 is 2.40 bits per heavy atom. The highest BCUT2D eigenvalue weighted by Crippen LogP contribution is 2.10. The highest BCUT2D eigenvalue weighted by atomic mass is 32.2. The van der Waals surface area contributed by atoms with Gasteiger partial charge in [-0.25, -0.2) is 8.42 Å². The Morgan fingerprint density at radius 1 is 1.40 bits per heavy atom. The first-order valence-corrected chi connectivity index (χ1v) is 5.20. The Labute approximate surface area is 61.7 Å². The van der Waals surface area contributed by atoms with Crippen molar-refractivity contribution in [3.05, 3.63) is 0 Å². The lowest BCUT2D eigenvalue weighted by Gasteiger charge is -2.26. The molecule has 0 unspecified atom stereocenters. The standard InChI is InChI=1S/C6H13NO2S/c1-5-6(2)10(8,9)4-3-7-5/h5-7H,3-4H2,1-2H3/t5-,6-/m0/s1. The molecule has 0 aromatic carbocycles. The molecule has 3 nitrogen and oxygen atoms in total. The first-order chi connectivity index (χ1) is 4.54. The molecule has 1 saturated heterocycles. The molecule has 1 rings (SSSR count). The zero-order valence-corrected chi connectivity index (χ0v) is 7.11. The second-order valence-electron chi connectivity index (χ2n) is 2.81.